The number of aryl methyl sites for hydroxylation is 1. The number of methoxy groups -OCH3 is 1. The van der Waals surface area contributed by atoms with E-state index in [-0.39, 0.29) is 23.6 Å². The summed E-state index contributed by atoms with van der Waals surface area (Å²) in [6.45, 7) is 5.66. The van der Waals surface area contributed by atoms with Crippen molar-refractivity contribution in [3.63, 3.8) is 0 Å². The molecule has 0 fully saturated rings. The fourth-order valence-corrected chi connectivity index (χ4v) is 3.29. The molecule has 1 aliphatic heterocycles. The summed E-state index contributed by atoms with van der Waals surface area (Å²) in [5, 5.41) is 9.36. The lowest BCUT2D eigenvalue weighted by molar-refractivity contribution is -0.136. The van der Waals surface area contributed by atoms with Crippen LogP contribution in [0.4, 0.5) is 5.82 Å². The number of benzene rings is 1. The fraction of sp³-hybridized carbons (Fsp3) is 0.364. The number of ether oxygens (including phenoxy) is 1. The molecule has 32 heavy (non-hydrogen) atoms. The van der Waals surface area contributed by atoms with Gasteiger partial charge in [0.05, 0.1) is 18.7 Å². The fourth-order valence-electron chi connectivity index (χ4n) is 3.29. The van der Waals surface area contributed by atoms with E-state index in [1.807, 2.05) is 31.2 Å². The lowest BCUT2D eigenvalue weighted by Crippen LogP contribution is -2.37. The van der Waals surface area contributed by atoms with Crippen molar-refractivity contribution in [1.29, 1.82) is 0 Å². The summed E-state index contributed by atoms with van der Waals surface area (Å²) in [7, 11) is 1.59. The molecule has 1 unspecified atom stereocenters. The van der Waals surface area contributed by atoms with Crippen LogP contribution in [0.25, 0.3) is 0 Å². The van der Waals surface area contributed by atoms with Gasteiger partial charge in [-0.15, -0.1) is 0 Å². The van der Waals surface area contributed by atoms with Crippen molar-refractivity contribution in [2.75, 3.05) is 19.0 Å². The van der Waals surface area contributed by atoms with E-state index in [4.69, 9.17) is 4.74 Å². The maximum absolute atomic E-state index is 12.4. The number of rotatable bonds is 6. The molecule has 3 amide bonds. The Labute approximate surface area is 185 Å². The molecular formula is C22H26N6O4. The second-order valence-corrected chi connectivity index (χ2v) is 7.35. The minimum atomic E-state index is -0.851. The maximum atomic E-state index is 12.4. The molecule has 2 aromatic rings. The number of aliphatic imine (C=N–C) groups is 2. The smallest absolute Gasteiger partial charge is 0.314 e. The number of aromatic nitrogens is 2. The van der Waals surface area contributed by atoms with Crippen molar-refractivity contribution < 1.29 is 19.1 Å². The molecule has 10 heteroatoms. The zero-order valence-electron chi connectivity index (χ0n) is 18.5. The minimum Gasteiger partial charge on any atom is -0.497 e. The molecule has 1 aromatic carbocycles. The number of nitrogens with one attached hydrogen (secondary N) is 2. The third kappa shape index (κ3) is 5.26. The molecule has 168 valence electrons. The minimum absolute atomic E-state index is 0.0560. The molecule has 0 saturated carbocycles. The Hall–Kier alpha value is -3.82. The highest BCUT2D eigenvalue weighted by Gasteiger charge is 2.27. The van der Waals surface area contributed by atoms with Crippen molar-refractivity contribution in [3.8, 4) is 5.75 Å². The topological polar surface area (TPSA) is 127 Å². The van der Waals surface area contributed by atoms with E-state index < -0.39 is 11.8 Å². The van der Waals surface area contributed by atoms with Gasteiger partial charge in [0, 0.05) is 18.3 Å². The molecule has 3 rings (SSSR count). The van der Waals surface area contributed by atoms with Crippen molar-refractivity contribution in [1.82, 2.24) is 15.1 Å². The first-order valence-corrected chi connectivity index (χ1v) is 10.3. The summed E-state index contributed by atoms with van der Waals surface area (Å²) >= 11 is 0. The Morgan fingerprint density at radius 2 is 1.84 bits per heavy atom. The van der Waals surface area contributed by atoms with E-state index in [1.165, 1.54) is 4.68 Å². The maximum Gasteiger partial charge on any atom is 0.314 e. The van der Waals surface area contributed by atoms with E-state index in [2.05, 4.69) is 25.7 Å². The van der Waals surface area contributed by atoms with Crippen LogP contribution in [-0.4, -0.2) is 52.8 Å². The predicted octanol–water partition coefficient (Wildman–Crippen LogP) is 1.73. The van der Waals surface area contributed by atoms with Gasteiger partial charge in [0.1, 0.15) is 11.6 Å². The van der Waals surface area contributed by atoms with Crippen molar-refractivity contribution in [2.24, 2.45) is 15.9 Å². The Morgan fingerprint density at radius 3 is 2.47 bits per heavy atom. The third-order valence-corrected chi connectivity index (χ3v) is 5.02. The largest absolute Gasteiger partial charge is 0.497 e. The molecule has 0 radical (unpaired) electrons. The second-order valence-electron chi connectivity index (χ2n) is 7.35. The molecule has 1 aromatic heterocycles. The van der Waals surface area contributed by atoms with Crippen molar-refractivity contribution >= 4 is 35.2 Å². The van der Waals surface area contributed by atoms with Crippen LogP contribution in [-0.2, 0) is 20.8 Å². The zero-order chi connectivity index (χ0) is 23.3. The number of amides is 3. The van der Waals surface area contributed by atoms with Crippen LogP contribution in [0, 0.1) is 12.8 Å². The van der Waals surface area contributed by atoms with Gasteiger partial charge in [0.2, 0.25) is 0 Å². The van der Waals surface area contributed by atoms with Crippen LogP contribution in [0.5, 0.6) is 5.75 Å². The van der Waals surface area contributed by atoms with Crippen LogP contribution < -0.4 is 15.4 Å². The molecule has 2 heterocycles. The number of hydrogen-bond acceptors (Lipinski definition) is 6. The van der Waals surface area contributed by atoms with E-state index >= 15 is 0 Å². The SMILES string of the molecule is CCC1C(=O)N=C(n2nc(C)cc2NC(=O)C(=O)NCCc2ccc(OC)cc2)N=C1C. The molecule has 0 bridgehead atoms. The summed E-state index contributed by atoms with van der Waals surface area (Å²) < 4.78 is 6.37. The van der Waals surface area contributed by atoms with Crippen LogP contribution in [0.2, 0.25) is 0 Å². The molecule has 0 aliphatic carbocycles. The van der Waals surface area contributed by atoms with Gasteiger partial charge in [-0.3, -0.25) is 14.4 Å². The average Bonchev–Trinajstić information content (AvgIpc) is 3.13. The van der Waals surface area contributed by atoms with Gasteiger partial charge in [-0.25, -0.2) is 4.99 Å². The van der Waals surface area contributed by atoms with Gasteiger partial charge in [-0.1, -0.05) is 19.1 Å². The zero-order valence-corrected chi connectivity index (χ0v) is 18.5. The first kappa shape index (κ1) is 22.9. The van der Waals surface area contributed by atoms with Gasteiger partial charge >= 0.3 is 11.8 Å². The standard InChI is InChI=1S/C22H26N6O4/c1-5-17-14(3)24-22(26-19(17)29)28-18(12-13(2)27-28)25-21(31)20(30)23-11-10-15-6-8-16(32-4)9-7-15/h6-9,12,17H,5,10-11H2,1-4H3,(H,23,30)(H,25,31). The summed E-state index contributed by atoms with van der Waals surface area (Å²) in [5.41, 5.74) is 2.20. The normalized spacial score (nSPS) is 15.6. The van der Waals surface area contributed by atoms with Crippen LogP contribution in [0.15, 0.2) is 40.3 Å². The molecule has 10 nitrogen and oxygen atoms in total. The Balaban J connectivity index is 1.63. The average molecular weight is 438 g/mol. The lowest BCUT2D eigenvalue weighted by Gasteiger charge is -2.17. The Bertz CT molecular complexity index is 1080. The third-order valence-electron chi connectivity index (χ3n) is 5.02. The van der Waals surface area contributed by atoms with Crippen LogP contribution in [0.1, 0.15) is 31.5 Å². The Morgan fingerprint density at radius 1 is 1.12 bits per heavy atom. The molecule has 0 spiro atoms. The molecule has 0 saturated heterocycles. The van der Waals surface area contributed by atoms with E-state index in [9.17, 15) is 14.4 Å². The molecule has 1 atom stereocenters. The van der Waals surface area contributed by atoms with Gasteiger partial charge in [-0.2, -0.15) is 14.8 Å². The summed E-state index contributed by atoms with van der Waals surface area (Å²) in [5.74, 6) is -1.29. The van der Waals surface area contributed by atoms with E-state index in [1.54, 1.807) is 27.0 Å². The number of hydrogen-bond donors (Lipinski definition) is 2. The quantitative estimate of drug-likeness (QED) is 0.664. The summed E-state index contributed by atoms with van der Waals surface area (Å²) in [6, 6.07) is 9.03. The van der Waals surface area contributed by atoms with E-state index in [0.29, 0.717) is 30.8 Å². The highest BCUT2D eigenvalue weighted by Crippen LogP contribution is 2.17. The first-order chi connectivity index (χ1) is 15.3. The number of carbonyl (C=O) groups excluding carboxylic acids is 3. The molecule has 2 N–H and O–H groups in total. The monoisotopic (exact) mass is 438 g/mol. The number of anilines is 1. The highest BCUT2D eigenvalue weighted by molar-refractivity contribution is 6.39. The van der Waals surface area contributed by atoms with E-state index in [0.717, 1.165) is 11.3 Å². The molecule has 1 aliphatic rings. The van der Waals surface area contributed by atoms with Crippen LogP contribution >= 0.6 is 0 Å². The van der Waals surface area contributed by atoms with Gasteiger partial charge < -0.3 is 15.4 Å². The van der Waals surface area contributed by atoms with Gasteiger partial charge in [-0.05, 0) is 44.4 Å². The van der Waals surface area contributed by atoms with Crippen molar-refractivity contribution in [3.05, 3.63) is 41.6 Å². The number of carbonyl (C=O) groups is 3. The van der Waals surface area contributed by atoms with Gasteiger partial charge in [0.15, 0.2) is 0 Å². The molecular weight excluding hydrogens is 412 g/mol. The highest BCUT2D eigenvalue weighted by atomic mass is 16.5. The van der Waals surface area contributed by atoms with Crippen molar-refractivity contribution in [2.45, 2.75) is 33.6 Å². The number of nitrogens with zero attached hydrogens (tertiary/aromatic N) is 4. The summed E-state index contributed by atoms with van der Waals surface area (Å²) in [4.78, 5) is 45.3. The summed E-state index contributed by atoms with van der Waals surface area (Å²) in [6.07, 6.45) is 1.16. The van der Waals surface area contributed by atoms with Gasteiger partial charge in [0.25, 0.3) is 11.9 Å². The van der Waals surface area contributed by atoms with Crippen LogP contribution in [0.3, 0.4) is 0 Å². The lowest BCUT2D eigenvalue weighted by atomic mass is 10.00. The first-order valence-electron chi connectivity index (χ1n) is 10.3. The second kappa shape index (κ2) is 9.99. The Kier molecular flexibility index (Phi) is 7.14. The predicted molar refractivity (Wildman–Crippen MR) is 120 cm³/mol.